The molecule has 1 fully saturated rings. The van der Waals surface area contributed by atoms with Gasteiger partial charge in [0, 0.05) is 12.8 Å². The van der Waals surface area contributed by atoms with Crippen LogP contribution in [-0.4, -0.2) is 100 Å². The molecule has 0 saturated carbocycles. The summed E-state index contributed by atoms with van der Waals surface area (Å²) in [5.74, 6) is -0.157. The van der Waals surface area contributed by atoms with Crippen molar-refractivity contribution in [3.63, 3.8) is 0 Å². The minimum atomic E-state index is -1.57. The largest absolute Gasteiger partial charge is 0.466 e. The molecule has 11 heteroatoms. The summed E-state index contributed by atoms with van der Waals surface area (Å²) in [6.45, 7) is 4.40. The summed E-state index contributed by atoms with van der Waals surface area (Å²) in [5.41, 5.74) is 0. The minimum absolute atomic E-state index is 0.0203. The summed E-state index contributed by atoms with van der Waals surface area (Å²) < 4.78 is 16.8. The van der Waals surface area contributed by atoms with Crippen molar-refractivity contribution in [2.45, 2.75) is 480 Å². The van der Waals surface area contributed by atoms with E-state index in [4.69, 9.17) is 14.2 Å². The topological polar surface area (TPSA) is 175 Å². The van der Waals surface area contributed by atoms with Crippen molar-refractivity contribution in [1.82, 2.24) is 5.32 Å². The number of esters is 1. The maximum Gasteiger partial charge on any atom is 0.305 e. The van der Waals surface area contributed by atoms with Gasteiger partial charge in [-0.15, -0.1) is 0 Å². The molecule has 1 rings (SSSR count). The number of hydrogen-bond acceptors (Lipinski definition) is 10. The van der Waals surface area contributed by atoms with Gasteiger partial charge in [0.25, 0.3) is 0 Å². The first kappa shape index (κ1) is 92.9. The molecule has 0 spiro atoms. The van der Waals surface area contributed by atoms with Crippen molar-refractivity contribution in [2.24, 2.45) is 0 Å². The molecule has 7 unspecified atom stereocenters. The molecule has 0 radical (unpaired) electrons. The predicted octanol–water partition coefficient (Wildman–Crippen LogP) is 23.6. The first-order chi connectivity index (χ1) is 47.7. The molecule has 97 heavy (non-hydrogen) atoms. The predicted molar refractivity (Wildman–Crippen MR) is 412 cm³/mol. The molecule has 1 aliphatic heterocycles. The fourth-order valence-electron chi connectivity index (χ4n) is 13.8. The number of hydrogen-bond donors (Lipinski definition) is 6. The van der Waals surface area contributed by atoms with E-state index in [1.165, 1.54) is 353 Å². The minimum Gasteiger partial charge on any atom is -0.466 e. The van der Waals surface area contributed by atoms with Gasteiger partial charge < -0.3 is 45.1 Å². The summed E-state index contributed by atoms with van der Waals surface area (Å²) in [5, 5.41) is 54.5. The third kappa shape index (κ3) is 63.3. The molecule has 1 amide bonds. The zero-order valence-electron chi connectivity index (χ0n) is 64.1. The second-order valence-electron chi connectivity index (χ2n) is 29.9. The van der Waals surface area contributed by atoms with Crippen molar-refractivity contribution >= 4 is 11.9 Å². The Morgan fingerprint density at radius 3 is 1.04 bits per heavy atom. The number of unbranched alkanes of at least 4 members (excludes halogenated alkanes) is 59. The quantitative estimate of drug-likeness (QED) is 0.0195. The van der Waals surface area contributed by atoms with Crippen molar-refractivity contribution in [3.8, 4) is 0 Å². The van der Waals surface area contributed by atoms with E-state index in [1.54, 1.807) is 6.08 Å². The van der Waals surface area contributed by atoms with E-state index in [0.29, 0.717) is 19.4 Å². The average Bonchev–Trinajstić information content (AvgIpc) is 0.869. The molecule has 1 heterocycles. The van der Waals surface area contributed by atoms with Gasteiger partial charge in [-0.3, -0.25) is 9.59 Å². The van der Waals surface area contributed by atoms with E-state index >= 15 is 0 Å². The second-order valence-corrected chi connectivity index (χ2v) is 29.9. The van der Waals surface area contributed by atoms with E-state index in [0.717, 1.165) is 57.8 Å². The van der Waals surface area contributed by atoms with Crippen LogP contribution in [0, 0.1) is 0 Å². The number of allylic oxidation sites excluding steroid dienone is 5. The van der Waals surface area contributed by atoms with Gasteiger partial charge in [-0.1, -0.05) is 397 Å². The number of carbonyl (C=O) groups is 2. The van der Waals surface area contributed by atoms with Crippen LogP contribution in [0.15, 0.2) is 36.5 Å². The van der Waals surface area contributed by atoms with Crippen LogP contribution in [0.1, 0.15) is 438 Å². The highest BCUT2D eigenvalue weighted by Crippen LogP contribution is 2.24. The van der Waals surface area contributed by atoms with Crippen LogP contribution >= 0.6 is 0 Å². The molecule has 1 saturated heterocycles. The van der Waals surface area contributed by atoms with Crippen LogP contribution in [0.3, 0.4) is 0 Å². The standard InChI is InChI=1S/C86H163NO10/c1-3-5-7-9-11-13-15-16-17-18-40-44-47-50-54-58-62-66-70-74-82(91)95-75-71-67-63-59-55-51-48-45-42-39-37-35-33-31-29-27-25-23-21-19-20-22-24-26-28-30-32-34-36-38-41-43-46-49-53-57-61-65-69-73-81(90)87-78(77-96-86-85(94)84(93)83(92)80(76-88)97-86)79(89)72-68-64-60-56-52-14-12-10-8-6-4-2/h19-20,23,25,68,72,78-80,83-86,88-89,92-94H,3-18,21-22,24,26-67,69-71,73-77H2,1-2H3,(H,87,90)/b20-19-,25-23-,72-68+. The third-order valence-electron chi connectivity index (χ3n) is 20.5. The van der Waals surface area contributed by atoms with Gasteiger partial charge in [0.2, 0.25) is 5.91 Å². The molecule has 0 aliphatic carbocycles. The summed E-state index contributed by atoms with van der Waals surface area (Å²) >= 11 is 0. The Morgan fingerprint density at radius 1 is 0.381 bits per heavy atom. The smallest absolute Gasteiger partial charge is 0.305 e. The molecule has 0 bridgehead atoms. The number of ether oxygens (including phenoxy) is 3. The molecule has 6 N–H and O–H groups in total. The molecule has 7 atom stereocenters. The highest BCUT2D eigenvalue weighted by Gasteiger charge is 2.44. The van der Waals surface area contributed by atoms with Gasteiger partial charge in [-0.2, -0.15) is 0 Å². The zero-order chi connectivity index (χ0) is 70.1. The number of aliphatic hydroxyl groups excluding tert-OH is 5. The zero-order valence-corrected chi connectivity index (χ0v) is 64.1. The molecular formula is C86H163NO10. The third-order valence-corrected chi connectivity index (χ3v) is 20.5. The number of carbonyl (C=O) groups excluding carboxylic acids is 2. The molecule has 1 aliphatic rings. The number of nitrogens with one attached hydrogen (secondary N) is 1. The van der Waals surface area contributed by atoms with Crippen LogP contribution in [-0.2, 0) is 23.8 Å². The van der Waals surface area contributed by atoms with Crippen LogP contribution < -0.4 is 5.32 Å². The molecule has 0 aromatic rings. The average molecular weight is 1370 g/mol. The lowest BCUT2D eigenvalue weighted by molar-refractivity contribution is -0.302. The normalized spacial score (nSPS) is 17.4. The second kappa shape index (κ2) is 75.1. The highest BCUT2D eigenvalue weighted by molar-refractivity contribution is 5.76. The van der Waals surface area contributed by atoms with E-state index in [1.807, 2.05) is 6.08 Å². The Labute approximate surface area is 600 Å². The lowest BCUT2D eigenvalue weighted by atomic mass is 9.99. The van der Waals surface area contributed by atoms with E-state index in [-0.39, 0.29) is 18.5 Å². The Kier molecular flexibility index (Phi) is 71.9. The first-order valence-corrected chi connectivity index (χ1v) is 42.8. The summed E-state index contributed by atoms with van der Waals surface area (Å²) in [6.07, 6.45) is 89.2. The Hall–Kier alpha value is -2.12. The van der Waals surface area contributed by atoms with Crippen LogP contribution in [0.5, 0.6) is 0 Å². The highest BCUT2D eigenvalue weighted by atomic mass is 16.7. The summed E-state index contributed by atoms with van der Waals surface area (Å²) in [7, 11) is 0. The van der Waals surface area contributed by atoms with Gasteiger partial charge in [-0.25, -0.2) is 0 Å². The van der Waals surface area contributed by atoms with Crippen molar-refractivity contribution in [3.05, 3.63) is 36.5 Å². The fourth-order valence-corrected chi connectivity index (χ4v) is 13.8. The Morgan fingerprint density at radius 2 is 0.691 bits per heavy atom. The van der Waals surface area contributed by atoms with E-state index in [9.17, 15) is 35.1 Å². The molecule has 0 aromatic heterocycles. The summed E-state index contributed by atoms with van der Waals surface area (Å²) in [4.78, 5) is 25.2. The molecule has 572 valence electrons. The van der Waals surface area contributed by atoms with Gasteiger partial charge in [0.1, 0.15) is 24.4 Å². The monoisotopic (exact) mass is 1370 g/mol. The Bertz CT molecular complexity index is 1710. The maximum atomic E-state index is 13.1. The molecule has 0 aromatic carbocycles. The van der Waals surface area contributed by atoms with Gasteiger partial charge >= 0.3 is 5.97 Å². The van der Waals surface area contributed by atoms with Crippen molar-refractivity contribution in [2.75, 3.05) is 19.8 Å². The van der Waals surface area contributed by atoms with Crippen molar-refractivity contribution < 1.29 is 49.3 Å². The lowest BCUT2D eigenvalue weighted by Crippen LogP contribution is -2.60. The molecule has 11 nitrogen and oxygen atoms in total. The van der Waals surface area contributed by atoms with Gasteiger partial charge in [0.15, 0.2) is 6.29 Å². The SMILES string of the molecule is CCCCCCCCCCC/C=C/C(O)C(COC1OC(CO)C(O)C(O)C1O)NC(=O)CCCCCCCCCCCCCCCCCCC/C=C\C/C=C\CCCCCCCCCCCCCCCCCOC(=O)CCCCCCCCCCCCCCCCCCCCC. The van der Waals surface area contributed by atoms with Gasteiger partial charge in [0.05, 0.1) is 32.0 Å². The van der Waals surface area contributed by atoms with E-state index < -0.39 is 49.5 Å². The van der Waals surface area contributed by atoms with Crippen LogP contribution in [0.4, 0.5) is 0 Å². The number of aliphatic hydroxyl groups is 5. The first-order valence-electron chi connectivity index (χ1n) is 42.8. The number of rotatable bonds is 77. The van der Waals surface area contributed by atoms with Crippen LogP contribution in [0.2, 0.25) is 0 Å². The van der Waals surface area contributed by atoms with Gasteiger partial charge in [-0.05, 0) is 64.2 Å². The maximum absolute atomic E-state index is 13.1. The van der Waals surface area contributed by atoms with E-state index in [2.05, 4.69) is 43.5 Å². The van der Waals surface area contributed by atoms with Crippen molar-refractivity contribution in [1.29, 1.82) is 0 Å². The number of amides is 1. The molecular weight excluding hydrogens is 1210 g/mol. The van der Waals surface area contributed by atoms with Crippen LogP contribution in [0.25, 0.3) is 0 Å². The fraction of sp³-hybridized carbons (Fsp3) is 0.907. The summed E-state index contributed by atoms with van der Waals surface area (Å²) in [6, 6.07) is -0.807. The lowest BCUT2D eigenvalue weighted by Gasteiger charge is -2.40. The Balaban J connectivity index is 1.86.